The third kappa shape index (κ3) is 4.71. The maximum atomic E-state index is 12.9. The number of hydrogen-bond acceptors (Lipinski definition) is 5. The monoisotopic (exact) mass is 397 g/mol. The zero-order valence-electron chi connectivity index (χ0n) is 17.1. The molecule has 28 heavy (non-hydrogen) atoms. The molecule has 0 aliphatic heterocycles. The van der Waals surface area contributed by atoms with E-state index < -0.39 is 0 Å². The van der Waals surface area contributed by atoms with Gasteiger partial charge >= 0.3 is 0 Å². The van der Waals surface area contributed by atoms with Crippen molar-refractivity contribution in [3.05, 3.63) is 59.0 Å². The van der Waals surface area contributed by atoms with E-state index in [-0.39, 0.29) is 10.8 Å². The number of benzene rings is 2. The molecule has 0 radical (unpaired) electrons. The fourth-order valence-electron chi connectivity index (χ4n) is 2.82. The standard InChI is InChI=1S/C23H27NO3S/c1-23(2,3)12-13-26-18-9-6-16(7-10-18)20-15-27-21-14-17(24(4)28-5)8-11-19(21)22(20)25/h6-11,14-15H,12-13H2,1-5H3. The van der Waals surface area contributed by atoms with Crippen molar-refractivity contribution in [3.63, 3.8) is 0 Å². The van der Waals surface area contributed by atoms with E-state index in [2.05, 4.69) is 20.8 Å². The van der Waals surface area contributed by atoms with Crippen LogP contribution in [0.4, 0.5) is 5.69 Å². The van der Waals surface area contributed by atoms with Crippen molar-refractivity contribution in [1.29, 1.82) is 0 Å². The Labute approximate surface area is 170 Å². The predicted molar refractivity (Wildman–Crippen MR) is 119 cm³/mol. The summed E-state index contributed by atoms with van der Waals surface area (Å²) in [6.45, 7) is 7.26. The average molecular weight is 398 g/mol. The van der Waals surface area contributed by atoms with Gasteiger partial charge in [-0.15, -0.1) is 0 Å². The zero-order chi connectivity index (χ0) is 20.3. The second-order valence-electron chi connectivity index (χ2n) is 8.02. The summed E-state index contributed by atoms with van der Waals surface area (Å²) in [6.07, 6.45) is 4.53. The minimum atomic E-state index is -0.0268. The first-order valence-corrected chi connectivity index (χ1v) is 10.5. The van der Waals surface area contributed by atoms with Gasteiger partial charge in [-0.3, -0.25) is 4.79 Å². The largest absolute Gasteiger partial charge is 0.494 e. The van der Waals surface area contributed by atoms with Crippen LogP contribution in [0.25, 0.3) is 22.1 Å². The van der Waals surface area contributed by atoms with Crippen molar-refractivity contribution in [2.24, 2.45) is 5.41 Å². The van der Waals surface area contributed by atoms with Crippen molar-refractivity contribution < 1.29 is 9.15 Å². The van der Waals surface area contributed by atoms with E-state index in [0.29, 0.717) is 23.1 Å². The lowest BCUT2D eigenvalue weighted by Crippen LogP contribution is -2.11. The Morgan fingerprint density at radius 1 is 1.11 bits per heavy atom. The number of hydrogen-bond donors (Lipinski definition) is 0. The van der Waals surface area contributed by atoms with E-state index in [0.717, 1.165) is 23.4 Å². The van der Waals surface area contributed by atoms with Crippen LogP contribution in [0.1, 0.15) is 27.2 Å². The first-order chi connectivity index (χ1) is 13.3. The Morgan fingerprint density at radius 3 is 2.46 bits per heavy atom. The van der Waals surface area contributed by atoms with Crippen molar-refractivity contribution in [1.82, 2.24) is 0 Å². The first-order valence-electron chi connectivity index (χ1n) is 9.35. The topological polar surface area (TPSA) is 42.7 Å². The summed E-state index contributed by atoms with van der Waals surface area (Å²) in [7, 11) is 1.98. The predicted octanol–water partition coefficient (Wildman–Crippen LogP) is 5.99. The highest BCUT2D eigenvalue weighted by Crippen LogP contribution is 2.27. The third-order valence-corrected chi connectivity index (χ3v) is 5.44. The molecule has 1 heterocycles. The molecular formula is C23H27NO3S. The van der Waals surface area contributed by atoms with E-state index in [1.165, 1.54) is 0 Å². The Morgan fingerprint density at radius 2 is 1.82 bits per heavy atom. The van der Waals surface area contributed by atoms with Gasteiger partial charge in [0.15, 0.2) is 5.43 Å². The molecule has 3 aromatic rings. The summed E-state index contributed by atoms with van der Waals surface area (Å²) in [5, 5.41) is 0.584. The van der Waals surface area contributed by atoms with Gasteiger partial charge in [0.25, 0.3) is 0 Å². The van der Waals surface area contributed by atoms with Gasteiger partial charge in [-0.2, -0.15) is 0 Å². The molecule has 2 aromatic carbocycles. The molecule has 0 N–H and O–H groups in total. The lowest BCUT2D eigenvalue weighted by molar-refractivity contribution is 0.243. The van der Waals surface area contributed by atoms with Crippen LogP contribution in [0, 0.1) is 5.41 Å². The van der Waals surface area contributed by atoms with Gasteiger partial charge in [0.1, 0.15) is 17.6 Å². The van der Waals surface area contributed by atoms with Gasteiger partial charge in [-0.05, 0) is 41.7 Å². The van der Waals surface area contributed by atoms with Crippen LogP contribution < -0.4 is 14.5 Å². The molecule has 0 fully saturated rings. The van der Waals surface area contributed by atoms with Crippen LogP contribution in [-0.2, 0) is 0 Å². The summed E-state index contributed by atoms with van der Waals surface area (Å²) in [5.74, 6) is 0.808. The van der Waals surface area contributed by atoms with E-state index in [1.807, 2.05) is 60.1 Å². The highest BCUT2D eigenvalue weighted by molar-refractivity contribution is 7.99. The summed E-state index contributed by atoms with van der Waals surface area (Å²) < 4.78 is 13.6. The first kappa shape index (κ1) is 20.3. The molecule has 5 heteroatoms. The molecule has 0 bridgehead atoms. The molecular weight excluding hydrogens is 370 g/mol. The fraction of sp³-hybridized carbons (Fsp3) is 0.348. The Kier molecular flexibility index (Phi) is 6.04. The van der Waals surface area contributed by atoms with E-state index in [1.54, 1.807) is 18.2 Å². The minimum absolute atomic E-state index is 0.0268. The number of rotatable bonds is 6. The van der Waals surface area contributed by atoms with Gasteiger partial charge in [0.05, 0.1) is 23.2 Å². The quantitative estimate of drug-likeness (QED) is 0.478. The van der Waals surface area contributed by atoms with E-state index >= 15 is 0 Å². The fourth-order valence-corrected chi connectivity index (χ4v) is 3.15. The maximum Gasteiger partial charge on any atom is 0.200 e. The van der Waals surface area contributed by atoms with Gasteiger partial charge < -0.3 is 13.5 Å². The number of fused-ring (bicyclic) bond motifs is 1. The van der Waals surface area contributed by atoms with Crippen LogP contribution in [0.5, 0.6) is 5.75 Å². The molecule has 0 aliphatic carbocycles. The normalized spacial score (nSPS) is 11.6. The molecule has 4 nitrogen and oxygen atoms in total. The molecule has 3 rings (SSSR count). The number of nitrogens with zero attached hydrogens (tertiary/aromatic N) is 1. The minimum Gasteiger partial charge on any atom is -0.494 e. The SMILES string of the molecule is CSN(C)c1ccc2c(=O)c(-c3ccc(OCCC(C)(C)C)cc3)coc2c1. The van der Waals surface area contributed by atoms with Gasteiger partial charge in [0, 0.05) is 19.4 Å². The van der Waals surface area contributed by atoms with Crippen LogP contribution in [0.15, 0.2) is 57.9 Å². The molecule has 0 unspecified atom stereocenters. The van der Waals surface area contributed by atoms with Crippen molar-refractivity contribution in [3.8, 4) is 16.9 Å². The molecule has 148 valence electrons. The van der Waals surface area contributed by atoms with Crippen LogP contribution in [0.2, 0.25) is 0 Å². The summed E-state index contributed by atoms with van der Waals surface area (Å²) in [5.41, 5.74) is 3.18. The molecule has 0 spiro atoms. The lowest BCUT2D eigenvalue weighted by atomic mass is 9.93. The van der Waals surface area contributed by atoms with E-state index in [4.69, 9.17) is 9.15 Å². The second kappa shape index (κ2) is 8.31. The zero-order valence-corrected chi connectivity index (χ0v) is 17.9. The second-order valence-corrected chi connectivity index (χ2v) is 8.94. The highest BCUT2D eigenvalue weighted by atomic mass is 32.2. The molecule has 0 saturated heterocycles. The Bertz CT molecular complexity index is 1000. The third-order valence-electron chi connectivity index (χ3n) is 4.68. The van der Waals surface area contributed by atoms with Gasteiger partial charge in [0.2, 0.25) is 0 Å². The van der Waals surface area contributed by atoms with E-state index in [9.17, 15) is 4.79 Å². The van der Waals surface area contributed by atoms with Crippen molar-refractivity contribution >= 4 is 28.6 Å². The number of anilines is 1. The molecule has 1 aromatic heterocycles. The molecule has 0 amide bonds. The van der Waals surface area contributed by atoms with Crippen molar-refractivity contribution in [2.75, 3.05) is 24.2 Å². The average Bonchev–Trinajstić information content (AvgIpc) is 2.67. The van der Waals surface area contributed by atoms with Crippen molar-refractivity contribution in [2.45, 2.75) is 27.2 Å². The number of ether oxygens (including phenoxy) is 1. The summed E-state index contributed by atoms with van der Waals surface area (Å²) in [6, 6.07) is 13.3. The molecule has 0 saturated carbocycles. The maximum absolute atomic E-state index is 12.9. The van der Waals surface area contributed by atoms with Gasteiger partial charge in [-0.1, -0.05) is 44.9 Å². The van der Waals surface area contributed by atoms with Gasteiger partial charge in [-0.25, -0.2) is 0 Å². The van der Waals surface area contributed by atoms with Crippen LogP contribution >= 0.6 is 11.9 Å². The molecule has 0 atom stereocenters. The Balaban J connectivity index is 1.83. The highest BCUT2D eigenvalue weighted by Gasteiger charge is 2.12. The lowest BCUT2D eigenvalue weighted by Gasteiger charge is -2.18. The van der Waals surface area contributed by atoms with Crippen LogP contribution in [0.3, 0.4) is 0 Å². The smallest absolute Gasteiger partial charge is 0.200 e. The summed E-state index contributed by atoms with van der Waals surface area (Å²) in [4.78, 5) is 12.9. The Hall–Kier alpha value is -2.40. The van der Waals surface area contributed by atoms with Crippen LogP contribution in [-0.4, -0.2) is 19.9 Å². The summed E-state index contributed by atoms with van der Waals surface area (Å²) >= 11 is 1.60. The molecule has 0 aliphatic rings.